The molecule has 0 aromatic carbocycles. The summed E-state index contributed by atoms with van der Waals surface area (Å²) in [7, 11) is 2.28. The lowest BCUT2D eigenvalue weighted by Crippen LogP contribution is -2.38. The molecule has 2 aliphatic carbocycles. The van der Waals surface area contributed by atoms with Crippen LogP contribution in [0.2, 0.25) is 0 Å². The molecule has 0 spiro atoms. The van der Waals surface area contributed by atoms with Crippen molar-refractivity contribution in [1.82, 2.24) is 4.90 Å². The average Bonchev–Trinajstić information content (AvgIpc) is 2.46. The maximum absolute atomic E-state index is 5.07. The van der Waals surface area contributed by atoms with Crippen LogP contribution in [0.5, 0.6) is 0 Å². The molecule has 0 aliphatic heterocycles. The average molecular weight is 250 g/mol. The molecule has 104 valence electrons. The predicted octanol–water partition coefficient (Wildman–Crippen LogP) is 4.39. The highest BCUT2D eigenvalue weighted by molar-refractivity contribution is 5.82. The lowest BCUT2D eigenvalue weighted by Gasteiger charge is -2.34. The second-order valence-electron chi connectivity index (χ2n) is 6.09. The third-order valence-electron chi connectivity index (χ3n) is 4.75. The van der Waals surface area contributed by atoms with Crippen LogP contribution in [0.3, 0.4) is 0 Å². The molecule has 0 bridgehead atoms. The van der Waals surface area contributed by atoms with Gasteiger partial charge in [0.05, 0.1) is 11.9 Å². The summed E-state index contributed by atoms with van der Waals surface area (Å²) in [6.07, 6.45) is 15.0. The van der Waals surface area contributed by atoms with Crippen LogP contribution < -0.4 is 0 Å². The maximum atomic E-state index is 5.07. The molecule has 2 aliphatic rings. The van der Waals surface area contributed by atoms with Gasteiger partial charge in [0.2, 0.25) is 0 Å². The standard InChI is InChI=1S/C16H30N2/c1-3-16(17-14-10-6-4-7-11-14)18(2)15-12-8-5-9-13-15/h14-15H,3-13H2,1-2H3/b17-16+. The van der Waals surface area contributed by atoms with E-state index in [9.17, 15) is 0 Å². The van der Waals surface area contributed by atoms with E-state index in [4.69, 9.17) is 4.99 Å². The Kier molecular flexibility index (Phi) is 5.52. The van der Waals surface area contributed by atoms with Crippen LogP contribution in [0.15, 0.2) is 4.99 Å². The molecule has 0 aromatic heterocycles. The van der Waals surface area contributed by atoms with Crippen molar-refractivity contribution in [2.45, 2.75) is 89.6 Å². The molecular formula is C16H30N2. The molecule has 0 radical (unpaired) electrons. The van der Waals surface area contributed by atoms with Crippen molar-refractivity contribution >= 4 is 5.84 Å². The molecular weight excluding hydrogens is 220 g/mol. The van der Waals surface area contributed by atoms with E-state index < -0.39 is 0 Å². The first kappa shape index (κ1) is 13.9. The molecule has 0 unspecified atom stereocenters. The van der Waals surface area contributed by atoms with Crippen LogP contribution in [-0.2, 0) is 0 Å². The second kappa shape index (κ2) is 7.16. The fraction of sp³-hybridized carbons (Fsp3) is 0.938. The topological polar surface area (TPSA) is 15.6 Å². The van der Waals surface area contributed by atoms with Crippen molar-refractivity contribution in [3.05, 3.63) is 0 Å². The minimum absolute atomic E-state index is 0.625. The Labute approximate surface area is 113 Å². The lowest BCUT2D eigenvalue weighted by molar-refractivity contribution is 0.272. The molecule has 0 aromatic rings. The summed E-state index contributed by atoms with van der Waals surface area (Å²) >= 11 is 0. The van der Waals surface area contributed by atoms with Crippen LogP contribution in [0, 0.1) is 0 Å². The molecule has 2 heteroatoms. The molecule has 18 heavy (non-hydrogen) atoms. The number of aliphatic imine (C=N–C) groups is 1. The Bertz CT molecular complexity index is 260. The summed E-state index contributed by atoms with van der Waals surface area (Å²) in [5, 5.41) is 0. The molecule has 0 N–H and O–H groups in total. The normalized spacial score (nSPS) is 24.2. The zero-order chi connectivity index (χ0) is 12.8. The predicted molar refractivity (Wildman–Crippen MR) is 79.2 cm³/mol. The van der Waals surface area contributed by atoms with Gasteiger partial charge in [-0.2, -0.15) is 0 Å². The Morgan fingerprint density at radius 2 is 1.50 bits per heavy atom. The van der Waals surface area contributed by atoms with Crippen molar-refractivity contribution in [3.8, 4) is 0 Å². The van der Waals surface area contributed by atoms with E-state index in [0.29, 0.717) is 6.04 Å². The van der Waals surface area contributed by atoms with Gasteiger partial charge in [-0.15, -0.1) is 0 Å². The molecule has 0 heterocycles. The molecule has 2 fully saturated rings. The van der Waals surface area contributed by atoms with Gasteiger partial charge >= 0.3 is 0 Å². The Balaban J connectivity index is 1.94. The van der Waals surface area contributed by atoms with Crippen LogP contribution in [0.4, 0.5) is 0 Å². The number of rotatable bonds is 3. The minimum atomic E-state index is 0.625. The fourth-order valence-electron chi connectivity index (χ4n) is 3.53. The van der Waals surface area contributed by atoms with Gasteiger partial charge in [-0.05, 0) is 25.7 Å². The minimum Gasteiger partial charge on any atom is -0.360 e. The SMILES string of the molecule is CC/C(=N\C1CCCCC1)N(C)C1CCCCC1. The summed E-state index contributed by atoms with van der Waals surface area (Å²) < 4.78 is 0. The summed E-state index contributed by atoms with van der Waals surface area (Å²) in [4.78, 5) is 7.58. The molecule has 0 saturated heterocycles. The highest BCUT2D eigenvalue weighted by Gasteiger charge is 2.21. The molecule has 2 nitrogen and oxygen atoms in total. The molecule has 2 saturated carbocycles. The molecule has 2 rings (SSSR count). The number of nitrogens with zero attached hydrogens (tertiary/aromatic N) is 2. The highest BCUT2D eigenvalue weighted by atomic mass is 15.2. The Morgan fingerprint density at radius 1 is 0.944 bits per heavy atom. The van der Waals surface area contributed by atoms with Gasteiger partial charge in [-0.1, -0.05) is 45.4 Å². The van der Waals surface area contributed by atoms with E-state index in [-0.39, 0.29) is 0 Å². The first-order chi connectivity index (χ1) is 8.81. The van der Waals surface area contributed by atoms with Crippen molar-refractivity contribution in [2.75, 3.05) is 7.05 Å². The van der Waals surface area contributed by atoms with Gasteiger partial charge < -0.3 is 4.90 Å². The van der Waals surface area contributed by atoms with Crippen molar-refractivity contribution in [3.63, 3.8) is 0 Å². The van der Waals surface area contributed by atoms with Gasteiger partial charge in [-0.3, -0.25) is 4.99 Å². The van der Waals surface area contributed by atoms with Crippen molar-refractivity contribution in [1.29, 1.82) is 0 Å². The van der Waals surface area contributed by atoms with Crippen LogP contribution in [-0.4, -0.2) is 29.9 Å². The van der Waals surface area contributed by atoms with Crippen molar-refractivity contribution < 1.29 is 0 Å². The summed E-state index contributed by atoms with van der Waals surface area (Å²) in [5.41, 5.74) is 0. The van der Waals surface area contributed by atoms with E-state index in [1.807, 2.05) is 0 Å². The van der Waals surface area contributed by atoms with Gasteiger partial charge in [0.15, 0.2) is 0 Å². The van der Waals surface area contributed by atoms with Gasteiger partial charge in [0, 0.05) is 19.5 Å². The number of hydrogen-bond donors (Lipinski definition) is 0. The van der Waals surface area contributed by atoms with Crippen LogP contribution >= 0.6 is 0 Å². The first-order valence-electron chi connectivity index (χ1n) is 8.10. The summed E-state index contributed by atoms with van der Waals surface area (Å²) in [6, 6.07) is 1.39. The Morgan fingerprint density at radius 3 is 2.06 bits per heavy atom. The second-order valence-corrected chi connectivity index (χ2v) is 6.09. The van der Waals surface area contributed by atoms with Gasteiger partial charge in [0.25, 0.3) is 0 Å². The van der Waals surface area contributed by atoms with Crippen molar-refractivity contribution in [2.24, 2.45) is 4.99 Å². The van der Waals surface area contributed by atoms with Gasteiger partial charge in [0.1, 0.15) is 0 Å². The lowest BCUT2D eigenvalue weighted by atomic mass is 9.94. The van der Waals surface area contributed by atoms with Gasteiger partial charge in [-0.25, -0.2) is 0 Å². The van der Waals surface area contributed by atoms with E-state index in [2.05, 4.69) is 18.9 Å². The maximum Gasteiger partial charge on any atom is 0.0989 e. The summed E-state index contributed by atoms with van der Waals surface area (Å²) in [6.45, 7) is 2.26. The summed E-state index contributed by atoms with van der Waals surface area (Å²) in [5.74, 6) is 1.37. The largest absolute Gasteiger partial charge is 0.360 e. The van der Waals surface area contributed by atoms with E-state index in [1.165, 1.54) is 70.0 Å². The van der Waals surface area contributed by atoms with E-state index >= 15 is 0 Å². The third kappa shape index (κ3) is 3.73. The third-order valence-corrected chi connectivity index (χ3v) is 4.75. The van der Waals surface area contributed by atoms with E-state index in [0.717, 1.165) is 12.5 Å². The monoisotopic (exact) mass is 250 g/mol. The molecule has 0 atom stereocenters. The smallest absolute Gasteiger partial charge is 0.0989 e. The van der Waals surface area contributed by atoms with E-state index in [1.54, 1.807) is 0 Å². The number of hydrogen-bond acceptors (Lipinski definition) is 1. The van der Waals surface area contributed by atoms with Crippen LogP contribution in [0.1, 0.15) is 77.6 Å². The first-order valence-corrected chi connectivity index (χ1v) is 8.10. The zero-order valence-electron chi connectivity index (χ0n) is 12.3. The highest BCUT2D eigenvalue weighted by Crippen LogP contribution is 2.24. The zero-order valence-corrected chi connectivity index (χ0v) is 12.3. The Hall–Kier alpha value is -0.530. The quantitative estimate of drug-likeness (QED) is 0.536. The molecule has 0 amide bonds. The fourth-order valence-corrected chi connectivity index (χ4v) is 3.53. The van der Waals surface area contributed by atoms with Crippen LogP contribution in [0.25, 0.3) is 0 Å². The number of amidine groups is 1.